The Hall–Kier alpha value is 0.906. The van der Waals surface area contributed by atoms with Gasteiger partial charge in [0.25, 0.3) is 0 Å². The molecule has 0 aromatic rings. The van der Waals surface area contributed by atoms with Crippen molar-refractivity contribution < 1.29 is 86.4 Å². The second-order valence-electron chi connectivity index (χ2n) is 2.74. The quantitative estimate of drug-likeness (QED) is 0.330. The molecule has 1 saturated heterocycles. The number of carbonyl (C=O) groups is 1. The van der Waals surface area contributed by atoms with E-state index in [9.17, 15) is 9.90 Å². The fraction of sp³-hybridized carbons (Fsp3) is 0.833. The Bertz CT molecular complexity index is 210. The molecule has 1 aliphatic heterocycles. The van der Waals surface area contributed by atoms with E-state index in [-0.39, 0.29) is 51.4 Å². The SMILES string of the molecule is O=C([O-])[C@H]1O[C@@H](O)[C@H](O)[C@@H](O)[C@@H]1O.[K+]. The van der Waals surface area contributed by atoms with Crippen LogP contribution in [0.3, 0.4) is 0 Å². The topological polar surface area (TPSA) is 130 Å². The molecule has 1 aliphatic rings. The van der Waals surface area contributed by atoms with Crippen LogP contribution in [0.2, 0.25) is 0 Å². The summed E-state index contributed by atoms with van der Waals surface area (Å²) < 4.78 is 4.28. The van der Waals surface area contributed by atoms with E-state index in [0.29, 0.717) is 0 Å². The molecule has 8 heteroatoms. The van der Waals surface area contributed by atoms with E-state index in [2.05, 4.69) is 4.74 Å². The van der Waals surface area contributed by atoms with Crippen LogP contribution in [0.5, 0.6) is 0 Å². The van der Waals surface area contributed by atoms with E-state index in [1.54, 1.807) is 0 Å². The van der Waals surface area contributed by atoms with Crippen LogP contribution in [0, 0.1) is 0 Å². The van der Waals surface area contributed by atoms with Crippen molar-refractivity contribution in [2.75, 3.05) is 0 Å². The molecule has 4 N–H and O–H groups in total. The summed E-state index contributed by atoms with van der Waals surface area (Å²) in [5, 5.41) is 46.1. The molecule has 1 rings (SSSR count). The van der Waals surface area contributed by atoms with Crippen LogP contribution in [0.15, 0.2) is 0 Å². The molecular formula is C6H9KO7. The van der Waals surface area contributed by atoms with Crippen molar-refractivity contribution in [1.82, 2.24) is 0 Å². The van der Waals surface area contributed by atoms with Crippen molar-refractivity contribution in [2.45, 2.75) is 30.7 Å². The molecule has 0 aromatic carbocycles. The van der Waals surface area contributed by atoms with E-state index in [1.165, 1.54) is 0 Å². The van der Waals surface area contributed by atoms with Gasteiger partial charge in [-0.15, -0.1) is 0 Å². The maximum atomic E-state index is 10.3. The second-order valence-corrected chi connectivity index (χ2v) is 2.74. The number of aliphatic hydroxyl groups excluding tert-OH is 4. The van der Waals surface area contributed by atoms with Gasteiger partial charge in [0, 0.05) is 0 Å². The van der Waals surface area contributed by atoms with Crippen molar-refractivity contribution in [2.24, 2.45) is 0 Å². The van der Waals surface area contributed by atoms with Crippen molar-refractivity contribution >= 4 is 5.97 Å². The van der Waals surface area contributed by atoms with Gasteiger partial charge < -0.3 is 35.1 Å². The predicted molar refractivity (Wildman–Crippen MR) is 33.9 cm³/mol. The fourth-order valence-corrected chi connectivity index (χ4v) is 1.06. The summed E-state index contributed by atoms with van der Waals surface area (Å²) in [6, 6.07) is 0. The van der Waals surface area contributed by atoms with Crippen LogP contribution in [-0.4, -0.2) is 57.1 Å². The minimum absolute atomic E-state index is 0. The van der Waals surface area contributed by atoms with Crippen molar-refractivity contribution in [3.8, 4) is 0 Å². The predicted octanol–water partition coefficient (Wildman–Crippen LogP) is -7.46. The summed E-state index contributed by atoms with van der Waals surface area (Å²) in [6.45, 7) is 0. The first kappa shape index (κ1) is 14.9. The third-order valence-electron chi connectivity index (χ3n) is 1.82. The molecule has 0 aliphatic carbocycles. The van der Waals surface area contributed by atoms with Crippen LogP contribution in [0.4, 0.5) is 0 Å². The molecule has 7 nitrogen and oxygen atoms in total. The monoisotopic (exact) mass is 232 g/mol. The van der Waals surface area contributed by atoms with Gasteiger partial charge >= 0.3 is 51.4 Å². The number of hydrogen-bond acceptors (Lipinski definition) is 7. The fourth-order valence-electron chi connectivity index (χ4n) is 1.06. The van der Waals surface area contributed by atoms with E-state index in [1.807, 2.05) is 0 Å². The minimum atomic E-state index is -1.85. The number of hydrogen-bond donors (Lipinski definition) is 4. The molecule has 0 amide bonds. The van der Waals surface area contributed by atoms with E-state index >= 15 is 0 Å². The number of ether oxygens (including phenoxy) is 1. The third kappa shape index (κ3) is 2.95. The maximum Gasteiger partial charge on any atom is 1.00 e. The third-order valence-corrected chi connectivity index (χ3v) is 1.82. The minimum Gasteiger partial charge on any atom is -0.547 e. The smallest absolute Gasteiger partial charge is 0.547 e. The zero-order chi connectivity index (χ0) is 10.2. The Balaban J connectivity index is 0.00000169. The summed E-state index contributed by atoms with van der Waals surface area (Å²) in [7, 11) is 0. The summed E-state index contributed by atoms with van der Waals surface area (Å²) in [6.07, 6.45) is -9.00. The van der Waals surface area contributed by atoms with Gasteiger partial charge in [0.1, 0.15) is 24.4 Å². The Labute approximate surface area is 122 Å². The van der Waals surface area contributed by atoms with Crippen molar-refractivity contribution in [3.05, 3.63) is 0 Å². The molecule has 1 heterocycles. The van der Waals surface area contributed by atoms with Crippen LogP contribution in [0.1, 0.15) is 0 Å². The zero-order valence-corrected chi connectivity index (χ0v) is 10.5. The van der Waals surface area contributed by atoms with Crippen LogP contribution >= 0.6 is 0 Å². The molecule has 0 aromatic heterocycles. The van der Waals surface area contributed by atoms with Gasteiger partial charge in [-0.05, 0) is 0 Å². The van der Waals surface area contributed by atoms with Gasteiger partial charge in [0.15, 0.2) is 6.29 Å². The van der Waals surface area contributed by atoms with Gasteiger partial charge in [-0.1, -0.05) is 0 Å². The van der Waals surface area contributed by atoms with Gasteiger partial charge in [-0.3, -0.25) is 0 Å². The number of aliphatic hydroxyl groups is 4. The van der Waals surface area contributed by atoms with Crippen LogP contribution in [-0.2, 0) is 9.53 Å². The van der Waals surface area contributed by atoms with Gasteiger partial charge in [0.05, 0.1) is 5.97 Å². The van der Waals surface area contributed by atoms with Crippen molar-refractivity contribution in [1.29, 1.82) is 0 Å². The van der Waals surface area contributed by atoms with Gasteiger partial charge in [0.2, 0.25) is 0 Å². The van der Waals surface area contributed by atoms with E-state index in [0.717, 1.165) is 0 Å². The summed E-state index contributed by atoms with van der Waals surface area (Å²) in [5.41, 5.74) is 0. The molecule has 14 heavy (non-hydrogen) atoms. The van der Waals surface area contributed by atoms with Gasteiger partial charge in [-0.2, -0.15) is 0 Å². The van der Waals surface area contributed by atoms with Crippen molar-refractivity contribution in [3.63, 3.8) is 0 Å². The van der Waals surface area contributed by atoms with Crippen LogP contribution < -0.4 is 56.5 Å². The first-order valence-corrected chi connectivity index (χ1v) is 3.53. The van der Waals surface area contributed by atoms with E-state index < -0.39 is 36.7 Å². The second kappa shape index (κ2) is 5.85. The number of carboxylic acid groups (broad SMARTS) is 1. The normalized spacial score (nSPS) is 42.7. The molecule has 76 valence electrons. The van der Waals surface area contributed by atoms with E-state index in [4.69, 9.17) is 20.4 Å². The maximum absolute atomic E-state index is 10.3. The summed E-state index contributed by atoms with van der Waals surface area (Å²) >= 11 is 0. The average molecular weight is 232 g/mol. The summed E-state index contributed by atoms with van der Waals surface area (Å²) in [5.74, 6) is -1.77. The number of rotatable bonds is 1. The Kier molecular flexibility index (Phi) is 6.22. The number of aliphatic carboxylic acids is 1. The number of carbonyl (C=O) groups excluding carboxylic acids is 1. The zero-order valence-electron chi connectivity index (χ0n) is 7.40. The first-order chi connectivity index (χ1) is 5.95. The molecule has 0 bridgehead atoms. The summed E-state index contributed by atoms with van der Waals surface area (Å²) in [4.78, 5) is 10.3. The molecule has 0 spiro atoms. The standard InChI is InChI=1S/C6H10O7.K/c7-1-2(8)4(5(10)11)13-6(12)3(1)9;/h1-4,6-9,12H,(H,10,11);/q;+1/p-1/t1-,2-,3+,4-,6+;/m0./s1. The van der Waals surface area contributed by atoms with Gasteiger partial charge in [-0.25, -0.2) is 0 Å². The molecule has 1 fully saturated rings. The Morgan fingerprint density at radius 2 is 1.57 bits per heavy atom. The average Bonchev–Trinajstić information content (AvgIpc) is 2.07. The largest absolute Gasteiger partial charge is 1.00 e. The first-order valence-electron chi connectivity index (χ1n) is 3.53. The van der Waals surface area contributed by atoms with Crippen LogP contribution in [0.25, 0.3) is 0 Å². The molecule has 5 atom stereocenters. The Morgan fingerprint density at radius 1 is 1.07 bits per heavy atom. The number of carboxylic acids is 1. The Morgan fingerprint density at radius 3 is 2.00 bits per heavy atom. The molecule has 0 saturated carbocycles. The molecule has 0 radical (unpaired) electrons. The molecular weight excluding hydrogens is 223 g/mol. The molecule has 0 unspecified atom stereocenters.